The van der Waals surface area contributed by atoms with Crippen LogP contribution >= 0.6 is 11.6 Å². The minimum Gasteiger partial charge on any atom is -0.486 e. The topological polar surface area (TPSA) is 110 Å². The van der Waals surface area contributed by atoms with Gasteiger partial charge in [-0.2, -0.15) is 0 Å². The summed E-state index contributed by atoms with van der Waals surface area (Å²) in [5.41, 5.74) is -0.239. The highest BCUT2D eigenvalue weighted by Gasteiger charge is 2.24. The average molecular weight is 385 g/mol. The van der Waals surface area contributed by atoms with Crippen LogP contribution in [0.25, 0.3) is 0 Å². The largest absolute Gasteiger partial charge is 0.486 e. The van der Waals surface area contributed by atoms with Crippen molar-refractivity contribution >= 4 is 29.2 Å². The second-order valence-corrected chi connectivity index (χ2v) is 6.68. The van der Waals surface area contributed by atoms with Crippen LogP contribution in [-0.2, 0) is 9.59 Å². The fourth-order valence-corrected chi connectivity index (χ4v) is 3.18. The lowest BCUT2D eigenvalue weighted by Gasteiger charge is -2.32. The van der Waals surface area contributed by atoms with E-state index in [0.29, 0.717) is 19.5 Å². The van der Waals surface area contributed by atoms with E-state index >= 15 is 0 Å². The molecule has 0 aromatic heterocycles. The van der Waals surface area contributed by atoms with Crippen molar-refractivity contribution in [2.24, 2.45) is 5.92 Å². The van der Waals surface area contributed by atoms with E-state index in [0.717, 1.165) is 12.8 Å². The molecule has 1 aliphatic heterocycles. The molecule has 1 unspecified atom stereocenters. The van der Waals surface area contributed by atoms with Crippen LogP contribution in [0, 0.1) is 16.0 Å². The third kappa shape index (κ3) is 5.87. The van der Waals surface area contributed by atoms with Gasteiger partial charge in [0.2, 0.25) is 5.91 Å². The monoisotopic (exact) mass is 384 g/mol. The number of likely N-dealkylation sites (tertiary alicyclic amines) is 1. The van der Waals surface area contributed by atoms with E-state index in [2.05, 4.69) is 0 Å². The Labute approximate surface area is 155 Å². The number of nitro groups is 1. The molecular formula is C17H21ClN2O6. The first-order chi connectivity index (χ1) is 12.4. The number of benzene rings is 1. The average Bonchev–Trinajstić information content (AvgIpc) is 2.61. The number of carbonyl (C=O) groups excluding carboxylic acids is 1. The summed E-state index contributed by atoms with van der Waals surface area (Å²) in [5.74, 6) is -0.652. The van der Waals surface area contributed by atoms with Crippen molar-refractivity contribution in [3.8, 4) is 5.75 Å². The van der Waals surface area contributed by atoms with Gasteiger partial charge in [0.15, 0.2) is 5.75 Å². The standard InChI is InChI=1S/C17H21ClN2O6/c18-13-4-5-15(14(10-13)20(24)25)26-9-7-16(21)19-8-1-2-12(11-19)3-6-17(22)23/h4-5,10,12H,1-3,6-9,11H2,(H,22,23). The molecule has 1 aromatic carbocycles. The fraction of sp³-hybridized carbons (Fsp3) is 0.529. The van der Waals surface area contributed by atoms with Gasteiger partial charge >= 0.3 is 11.7 Å². The summed E-state index contributed by atoms with van der Waals surface area (Å²) in [7, 11) is 0. The van der Waals surface area contributed by atoms with Crippen LogP contribution < -0.4 is 4.74 Å². The van der Waals surface area contributed by atoms with E-state index in [-0.39, 0.29) is 47.7 Å². The van der Waals surface area contributed by atoms with E-state index < -0.39 is 10.9 Å². The highest BCUT2D eigenvalue weighted by molar-refractivity contribution is 6.30. The lowest BCUT2D eigenvalue weighted by molar-refractivity contribution is -0.385. The number of hydrogen-bond acceptors (Lipinski definition) is 5. The van der Waals surface area contributed by atoms with Crippen LogP contribution in [-0.4, -0.2) is 46.5 Å². The summed E-state index contributed by atoms with van der Waals surface area (Å²) < 4.78 is 5.40. The number of piperidine rings is 1. The number of hydrogen-bond donors (Lipinski definition) is 1. The van der Waals surface area contributed by atoms with Crippen LogP contribution in [0.4, 0.5) is 5.69 Å². The van der Waals surface area contributed by atoms with Gasteiger partial charge in [0.25, 0.3) is 0 Å². The van der Waals surface area contributed by atoms with E-state index in [1.165, 1.54) is 18.2 Å². The summed E-state index contributed by atoms with van der Waals surface area (Å²) in [6.07, 6.45) is 2.54. The normalized spacial score (nSPS) is 17.0. The molecule has 1 aromatic rings. The number of aliphatic carboxylic acids is 1. The molecule has 1 N–H and O–H groups in total. The molecule has 8 nitrogen and oxygen atoms in total. The molecule has 0 radical (unpaired) electrons. The Morgan fingerprint density at radius 3 is 2.85 bits per heavy atom. The van der Waals surface area contributed by atoms with Crippen molar-refractivity contribution in [1.82, 2.24) is 4.90 Å². The molecule has 1 fully saturated rings. The van der Waals surface area contributed by atoms with Gasteiger partial charge in [0.1, 0.15) is 0 Å². The molecule has 0 aliphatic carbocycles. The summed E-state index contributed by atoms with van der Waals surface area (Å²) in [5, 5.41) is 20.0. The van der Waals surface area contributed by atoms with Crippen molar-refractivity contribution in [2.75, 3.05) is 19.7 Å². The number of carbonyl (C=O) groups is 2. The number of carboxylic acid groups (broad SMARTS) is 1. The molecule has 1 saturated heterocycles. The van der Waals surface area contributed by atoms with Gasteiger partial charge in [-0.3, -0.25) is 19.7 Å². The summed E-state index contributed by atoms with van der Waals surface area (Å²) in [6.45, 7) is 1.22. The maximum Gasteiger partial charge on any atom is 0.312 e. The molecule has 0 saturated carbocycles. The number of halogens is 1. The molecule has 2 rings (SSSR count). The summed E-state index contributed by atoms with van der Waals surface area (Å²) >= 11 is 5.75. The Balaban J connectivity index is 1.83. The van der Waals surface area contributed by atoms with E-state index in [1.807, 2.05) is 0 Å². The first-order valence-electron chi connectivity index (χ1n) is 8.43. The van der Waals surface area contributed by atoms with Crippen molar-refractivity contribution in [1.29, 1.82) is 0 Å². The maximum absolute atomic E-state index is 12.3. The zero-order chi connectivity index (χ0) is 19.1. The molecule has 0 bridgehead atoms. The predicted molar refractivity (Wildman–Crippen MR) is 94.4 cm³/mol. The summed E-state index contributed by atoms with van der Waals surface area (Å²) in [6, 6.07) is 4.10. The highest BCUT2D eigenvalue weighted by Crippen LogP contribution is 2.30. The Morgan fingerprint density at radius 1 is 1.38 bits per heavy atom. The first-order valence-corrected chi connectivity index (χ1v) is 8.81. The minimum atomic E-state index is -0.827. The molecule has 0 spiro atoms. The zero-order valence-electron chi connectivity index (χ0n) is 14.2. The molecule has 9 heteroatoms. The van der Waals surface area contributed by atoms with Gasteiger partial charge in [-0.25, -0.2) is 0 Å². The Hall–Kier alpha value is -2.35. The molecule has 1 aliphatic rings. The van der Waals surface area contributed by atoms with Gasteiger partial charge in [0, 0.05) is 30.6 Å². The second-order valence-electron chi connectivity index (χ2n) is 6.25. The SMILES string of the molecule is O=C(O)CCC1CCCN(C(=O)CCOc2ccc(Cl)cc2[N+](=O)[O-])C1. The molecular weight excluding hydrogens is 364 g/mol. The zero-order valence-corrected chi connectivity index (χ0v) is 15.0. The van der Waals surface area contributed by atoms with Gasteiger partial charge in [-0.1, -0.05) is 11.6 Å². The van der Waals surface area contributed by atoms with Gasteiger partial charge < -0.3 is 14.7 Å². The summed E-state index contributed by atoms with van der Waals surface area (Å²) in [4.78, 5) is 35.1. The van der Waals surface area contributed by atoms with Crippen LogP contribution in [0.15, 0.2) is 18.2 Å². The van der Waals surface area contributed by atoms with E-state index in [1.54, 1.807) is 4.90 Å². The number of rotatable bonds is 8. The van der Waals surface area contributed by atoms with Crippen molar-refractivity contribution in [2.45, 2.75) is 32.1 Å². The number of ether oxygens (including phenoxy) is 1. The lowest BCUT2D eigenvalue weighted by atomic mass is 9.93. The third-order valence-corrected chi connectivity index (χ3v) is 4.56. The van der Waals surface area contributed by atoms with Crippen molar-refractivity contribution < 1.29 is 24.4 Å². The van der Waals surface area contributed by atoms with Crippen LogP contribution in [0.1, 0.15) is 32.1 Å². The van der Waals surface area contributed by atoms with Gasteiger partial charge in [0.05, 0.1) is 18.0 Å². The Morgan fingerprint density at radius 2 is 2.15 bits per heavy atom. The van der Waals surface area contributed by atoms with Crippen LogP contribution in [0.2, 0.25) is 5.02 Å². The smallest absolute Gasteiger partial charge is 0.312 e. The quantitative estimate of drug-likeness (QED) is 0.544. The number of nitro benzene ring substituents is 1. The highest BCUT2D eigenvalue weighted by atomic mass is 35.5. The van der Waals surface area contributed by atoms with E-state index in [4.69, 9.17) is 21.4 Å². The lowest BCUT2D eigenvalue weighted by Crippen LogP contribution is -2.40. The van der Waals surface area contributed by atoms with Crippen LogP contribution in [0.5, 0.6) is 5.75 Å². The van der Waals surface area contributed by atoms with Gasteiger partial charge in [-0.05, 0) is 37.3 Å². The van der Waals surface area contributed by atoms with Gasteiger partial charge in [-0.15, -0.1) is 0 Å². The molecule has 1 amide bonds. The Kier molecular flexibility index (Phi) is 7.20. The van der Waals surface area contributed by atoms with E-state index in [9.17, 15) is 19.7 Å². The molecule has 1 heterocycles. The maximum atomic E-state index is 12.3. The van der Waals surface area contributed by atoms with Crippen molar-refractivity contribution in [3.63, 3.8) is 0 Å². The molecule has 142 valence electrons. The molecule has 26 heavy (non-hydrogen) atoms. The third-order valence-electron chi connectivity index (χ3n) is 4.33. The fourth-order valence-electron chi connectivity index (χ4n) is 3.02. The number of amides is 1. The van der Waals surface area contributed by atoms with Crippen molar-refractivity contribution in [3.05, 3.63) is 33.3 Å². The minimum absolute atomic E-state index is 0.0254. The van der Waals surface area contributed by atoms with Crippen LogP contribution in [0.3, 0.4) is 0 Å². The Bertz CT molecular complexity index is 681. The number of nitrogens with zero attached hydrogens (tertiary/aromatic N) is 2. The first kappa shape index (κ1) is 20.0. The number of carboxylic acids is 1. The predicted octanol–water partition coefficient (Wildman–Crippen LogP) is 3.12. The molecule has 1 atom stereocenters. The second kappa shape index (κ2) is 9.38.